The van der Waals surface area contributed by atoms with Crippen LogP contribution in [0.5, 0.6) is 0 Å². The van der Waals surface area contributed by atoms with E-state index in [-0.39, 0.29) is 5.91 Å². The topological polar surface area (TPSA) is 41.4 Å². The van der Waals surface area contributed by atoms with Crippen molar-refractivity contribution in [2.45, 2.75) is 6.54 Å². The number of amides is 1. The van der Waals surface area contributed by atoms with Crippen LogP contribution >= 0.6 is 15.9 Å². The third-order valence-electron chi connectivity index (χ3n) is 3.93. The van der Waals surface area contributed by atoms with E-state index in [1.54, 1.807) is 0 Å². The van der Waals surface area contributed by atoms with Gasteiger partial charge in [0, 0.05) is 56.0 Å². The van der Waals surface area contributed by atoms with E-state index in [1.165, 1.54) is 5.56 Å². The molecule has 5 nitrogen and oxygen atoms in total. The van der Waals surface area contributed by atoms with Crippen LogP contribution in [-0.2, 0) is 13.6 Å². The summed E-state index contributed by atoms with van der Waals surface area (Å²) in [7, 11) is 1.93. The molecule has 0 aliphatic carbocycles. The highest BCUT2D eigenvalue weighted by Crippen LogP contribution is 2.19. The summed E-state index contributed by atoms with van der Waals surface area (Å²) in [4.78, 5) is 16.8. The molecule has 0 atom stereocenters. The van der Waals surface area contributed by atoms with E-state index in [4.69, 9.17) is 0 Å². The Labute approximate surface area is 138 Å². The van der Waals surface area contributed by atoms with Crippen LogP contribution in [0.3, 0.4) is 0 Å². The minimum absolute atomic E-state index is 0.105. The maximum absolute atomic E-state index is 12.6. The number of rotatable bonds is 3. The summed E-state index contributed by atoms with van der Waals surface area (Å²) >= 11 is 3.45. The van der Waals surface area contributed by atoms with Crippen molar-refractivity contribution in [2.24, 2.45) is 7.05 Å². The maximum atomic E-state index is 12.6. The van der Waals surface area contributed by atoms with Gasteiger partial charge in [-0.2, -0.15) is 5.10 Å². The van der Waals surface area contributed by atoms with Gasteiger partial charge in [0.1, 0.15) is 0 Å². The fourth-order valence-electron chi connectivity index (χ4n) is 2.73. The van der Waals surface area contributed by atoms with E-state index in [1.807, 2.05) is 53.3 Å². The lowest BCUT2D eigenvalue weighted by molar-refractivity contribution is 0.0627. The van der Waals surface area contributed by atoms with Gasteiger partial charge in [-0.05, 0) is 28.1 Å². The largest absolute Gasteiger partial charge is 0.336 e. The molecule has 6 heteroatoms. The molecule has 2 aromatic rings. The first-order chi connectivity index (χ1) is 10.6. The van der Waals surface area contributed by atoms with Gasteiger partial charge in [0.2, 0.25) is 0 Å². The third kappa shape index (κ3) is 3.39. The molecule has 116 valence electrons. The molecule has 1 saturated heterocycles. The number of aryl methyl sites for hydroxylation is 1. The Morgan fingerprint density at radius 1 is 1.23 bits per heavy atom. The van der Waals surface area contributed by atoms with Crippen LogP contribution < -0.4 is 0 Å². The monoisotopic (exact) mass is 362 g/mol. The van der Waals surface area contributed by atoms with Gasteiger partial charge < -0.3 is 4.90 Å². The predicted molar refractivity (Wildman–Crippen MR) is 88.5 cm³/mol. The van der Waals surface area contributed by atoms with Gasteiger partial charge in [-0.3, -0.25) is 14.4 Å². The number of hydrogen-bond donors (Lipinski definition) is 0. The van der Waals surface area contributed by atoms with Crippen molar-refractivity contribution >= 4 is 21.8 Å². The number of piperazine rings is 1. The van der Waals surface area contributed by atoms with Gasteiger partial charge in [0.05, 0.1) is 11.8 Å². The average Bonchev–Trinajstić information content (AvgIpc) is 2.93. The van der Waals surface area contributed by atoms with Crippen molar-refractivity contribution in [2.75, 3.05) is 26.2 Å². The van der Waals surface area contributed by atoms with Crippen molar-refractivity contribution in [3.8, 4) is 0 Å². The molecule has 2 heterocycles. The van der Waals surface area contributed by atoms with Gasteiger partial charge in [-0.1, -0.05) is 12.1 Å². The van der Waals surface area contributed by atoms with Crippen molar-refractivity contribution in [1.29, 1.82) is 0 Å². The van der Waals surface area contributed by atoms with Crippen LogP contribution in [0.15, 0.2) is 41.1 Å². The second-order valence-electron chi connectivity index (χ2n) is 5.57. The second kappa shape index (κ2) is 6.62. The first-order valence-corrected chi connectivity index (χ1v) is 8.16. The maximum Gasteiger partial charge on any atom is 0.255 e. The Morgan fingerprint density at radius 3 is 2.59 bits per heavy atom. The molecule has 0 spiro atoms. The fourth-order valence-corrected chi connectivity index (χ4v) is 3.18. The first-order valence-electron chi connectivity index (χ1n) is 7.37. The highest BCUT2D eigenvalue weighted by molar-refractivity contribution is 9.10. The van der Waals surface area contributed by atoms with E-state index in [0.717, 1.165) is 42.8 Å². The molecule has 0 unspecified atom stereocenters. The summed E-state index contributed by atoms with van der Waals surface area (Å²) in [6.07, 6.45) is 3.94. The number of hydrogen-bond acceptors (Lipinski definition) is 3. The van der Waals surface area contributed by atoms with Crippen molar-refractivity contribution in [3.05, 3.63) is 52.3 Å². The van der Waals surface area contributed by atoms with Gasteiger partial charge in [0.15, 0.2) is 0 Å². The molecule has 1 fully saturated rings. The lowest BCUT2D eigenvalue weighted by atomic mass is 10.2. The van der Waals surface area contributed by atoms with Crippen LogP contribution in [0.25, 0.3) is 0 Å². The normalized spacial score (nSPS) is 16.0. The van der Waals surface area contributed by atoms with Crippen molar-refractivity contribution < 1.29 is 4.79 Å². The standard InChI is InChI=1S/C16H19BrN4O/c1-19-11-13(10-18-19)12-20-6-8-21(9-7-20)16(22)14-4-2-3-5-15(14)17/h2-5,10-11H,6-9,12H2,1H3. The number of aromatic nitrogens is 2. The first kappa shape index (κ1) is 15.2. The molecular formula is C16H19BrN4O. The molecular weight excluding hydrogens is 344 g/mol. The molecule has 0 saturated carbocycles. The van der Waals surface area contributed by atoms with Gasteiger partial charge in [0.25, 0.3) is 5.91 Å². The Bertz CT molecular complexity index is 662. The average molecular weight is 363 g/mol. The zero-order valence-electron chi connectivity index (χ0n) is 12.6. The minimum Gasteiger partial charge on any atom is -0.336 e. The Balaban J connectivity index is 1.57. The van der Waals surface area contributed by atoms with Crippen molar-refractivity contribution in [1.82, 2.24) is 19.6 Å². The Kier molecular flexibility index (Phi) is 4.59. The number of carbonyl (C=O) groups excluding carboxylic acids is 1. The van der Waals surface area contributed by atoms with Gasteiger partial charge in [-0.25, -0.2) is 0 Å². The predicted octanol–water partition coefficient (Wildman–Crippen LogP) is 2.14. The molecule has 1 amide bonds. The summed E-state index contributed by atoms with van der Waals surface area (Å²) in [5, 5.41) is 4.19. The second-order valence-corrected chi connectivity index (χ2v) is 6.42. The zero-order valence-corrected chi connectivity index (χ0v) is 14.2. The van der Waals surface area contributed by atoms with Gasteiger partial charge >= 0.3 is 0 Å². The molecule has 0 N–H and O–H groups in total. The van der Waals surface area contributed by atoms with E-state index in [0.29, 0.717) is 0 Å². The summed E-state index contributed by atoms with van der Waals surface area (Å²) in [6.45, 7) is 4.21. The number of halogens is 1. The molecule has 1 aliphatic rings. The number of carbonyl (C=O) groups is 1. The van der Waals surface area contributed by atoms with Crippen LogP contribution in [0.4, 0.5) is 0 Å². The quantitative estimate of drug-likeness (QED) is 0.839. The summed E-state index contributed by atoms with van der Waals surface area (Å²) in [5.41, 5.74) is 1.95. The molecule has 0 bridgehead atoms. The van der Waals surface area contributed by atoms with Crippen molar-refractivity contribution in [3.63, 3.8) is 0 Å². The lowest BCUT2D eigenvalue weighted by Crippen LogP contribution is -2.48. The minimum atomic E-state index is 0.105. The summed E-state index contributed by atoms with van der Waals surface area (Å²) in [6, 6.07) is 7.60. The third-order valence-corrected chi connectivity index (χ3v) is 4.62. The smallest absolute Gasteiger partial charge is 0.255 e. The summed E-state index contributed by atoms with van der Waals surface area (Å²) < 4.78 is 2.68. The zero-order chi connectivity index (χ0) is 15.5. The van der Waals surface area contributed by atoms with Crippen LogP contribution in [-0.4, -0.2) is 51.7 Å². The molecule has 1 aliphatic heterocycles. The number of nitrogens with zero attached hydrogens (tertiary/aromatic N) is 4. The molecule has 1 aromatic carbocycles. The highest BCUT2D eigenvalue weighted by Gasteiger charge is 2.23. The van der Waals surface area contributed by atoms with Crippen LogP contribution in [0.1, 0.15) is 15.9 Å². The molecule has 3 rings (SSSR count). The number of benzene rings is 1. The van der Waals surface area contributed by atoms with E-state index >= 15 is 0 Å². The van der Waals surface area contributed by atoms with Crippen LogP contribution in [0.2, 0.25) is 0 Å². The highest BCUT2D eigenvalue weighted by atomic mass is 79.9. The van der Waals surface area contributed by atoms with E-state index in [2.05, 4.69) is 25.9 Å². The van der Waals surface area contributed by atoms with Crippen LogP contribution in [0, 0.1) is 0 Å². The summed E-state index contributed by atoms with van der Waals surface area (Å²) in [5.74, 6) is 0.105. The SMILES string of the molecule is Cn1cc(CN2CCN(C(=O)c3ccccc3Br)CC2)cn1. The van der Waals surface area contributed by atoms with Gasteiger partial charge in [-0.15, -0.1) is 0 Å². The molecule has 1 aromatic heterocycles. The lowest BCUT2D eigenvalue weighted by Gasteiger charge is -2.34. The van der Waals surface area contributed by atoms with E-state index in [9.17, 15) is 4.79 Å². The molecule has 0 radical (unpaired) electrons. The fraction of sp³-hybridized carbons (Fsp3) is 0.375. The van der Waals surface area contributed by atoms with E-state index < -0.39 is 0 Å². The molecule has 22 heavy (non-hydrogen) atoms. The Morgan fingerprint density at radius 2 is 1.95 bits per heavy atom. The Hall–Kier alpha value is -1.66.